The highest BCUT2D eigenvalue weighted by Crippen LogP contribution is 2.24. The van der Waals surface area contributed by atoms with Crippen LogP contribution in [0.3, 0.4) is 0 Å². The average molecular weight is 295 g/mol. The van der Waals surface area contributed by atoms with Gasteiger partial charge >= 0.3 is 0 Å². The van der Waals surface area contributed by atoms with Crippen molar-refractivity contribution in [1.82, 2.24) is 9.97 Å². The molecule has 0 fully saturated rings. The highest BCUT2D eigenvalue weighted by molar-refractivity contribution is 5.92. The molecule has 1 heterocycles. The molecule has 0 bridgehead atoms. The molecule has 0 unspecified atom stereocenters. The monoisotopic (exact) mass is 295 g/mol. The standard InChI is InChI=1S/C17H21N5/c1-12-16(20-10-9-19-12)7-8-21-17(18)22-15-6-5-13-3-2-4-14(13)11-15/h5-6,9-11H,2-4,7-8H2,1H3,(H3,18,21,22). The van der Waals surface area contributed by atoms with Crippen LogP contribution < -0.4 is 11.1 Å². The molecule has 22 heavy (non-hydrogen) atoms. The molecule has 0 atom stereocenters. The minimum absolute atomic E-state index is 0.444. The van der Waals surface area contributed by atoms with E-state index in [9.17, 15) is 0 Å². The van der Waals surface area contributed by atoms with E-state index in [1.54, 1.807) is 12.4 Å². The van der Waals surface area contributed by atoms with Gasteiger partial charge in [0.25, 0.3) is 0 Å². The van der Waals surface area contributed by atoms with Crippen LogP contribution in [0.1, 0.15) is 28.9 Å². The normalized spacial score (nSPS) is 14.0. The summed E-state index contributed by atoms with van der Waals surface area (Å²) in [5.41, 5.74) is 11.8. The maximum atomic E-state index is 5.96. The van der Waals surface area contributed by atoms with Gasteiger partial charge in [-0.25, -0.2) is 0 Å². The number of hydrogen-bond acceptors (Lipinski definition) is 3. The number of aliphatic imine (C=N–C) groups is 1. The van der Waals surface area contributed by atoms with E-state index in [1.807, 2.05) is 6.92 Å². The largest absolute Gasteiger partial charge is 0.370 e. The SMILES string of the molecule is Cc1nccnc1CCN=C(N)Nc1ccc2c(c1)CCC2. The molecule has 5 nitrogen and oxygen atoms in total. The summed E-state index contributed by atoms with van der Waals surface area (Å²) < 4.78 is 0. The molecule has 0 radical (unpaired) electrons. The number of hydrogen-bond donors (Lipinski definition) is 2. The van der Waals surface area contributed by atoms with Crippen molar-refractivity contribution in [1.29, 1.82) is 0 Å². The van der Waals surface area contributed by atoms with Crippen LogP contribution in [-0.2, 0) is 19.3 Å². The van der Waals surface area contributed by atoms with E-state index in [4.69, 9.17) is 5.73 Å². The lowest BCUT2D eigenvalue weighted by Gasteiger charge is -2.08. The zero-order valence-electron chi connectivity index (χ0n) is 12.8. The van der Waals surface area contributed by atoms with E-state index < -0.39 is 0 Å². The van der Waals surface area contributed by atoms with Crippen molar-refractivity contribution < 1.29 is 0 Å². The molecule has 2 aromatic rings. The molecule has 0 amide bonds. The van der Waals surface area contributed by atoms with Gasteiger partial charge in [0.05, 0.1) is 11.4 Å². The first-order chi connectivity index (χ1) is 10.7. The molecular weight excluding hydrogens is 274 g/mol. The van der Waals surface area contributed by atoms with Gasteiger partial charge in [0.1, 0.15) is 0 Å². The zero-order chi connectivity index (χ0) is 15.4. The van der Waals surface area contributed by atoms with Crippen molar-refractivity contribution in [2.24, 2.45) is 10.7 Å². The molecule has 1 aliphatic rings. The van der Waals surface area contributed by atoms with Gasteiger partial charge < -0.3 is 11.1 Å². The second-order valence-corrected chi connectivity index (χ2v) is 5.57. The molecule has 5 heteroatoms. The van der Waals surface area contributed by atoms with Gasteiger partial charge in [-0.05, 0) is 49.4 Å². The summed E-state index contributed by atoms with van der Waals surface area (Å²) >= 11 is 0. The number of rotatable bonds is 4. The quantitative estimate of drug-likeness (QED) is 0.670. The van der Waals surface area contributed by atoms with E-state index >= 15 is 0 Å². The fraction of sp³-hybridized carbons (Fsp3) is 0.353. The zero-order valence-corrected chi connectivity index (χ0v) is 12.8. The Morgan fingerprint density at radius 1 is 1.23 bits per heavy atom. The van der Waals surface area contributed by atoms with E-state index in [-0.39, 0.29) is 0 Å². The summed E-state index contributed by atoms with van der Waals surface area (Å²) in [5.74, 6) is 0.444. The Hall–Kier alpha value is -2.43. The number of anilines is 1. The summed E-state index contributed by atoms with van der Waals surface area (Å²) in [4.78, 5) is 12.9. The lowest BCUT2D eigenvalue weighted by Crippen LogP contribution is -2.23. The lowest BCUT2D eigenvalue weighted by atomic mass is 10.1. The smallest absolute Gasteiger partial charge is 0.193 e. The van der Waals surface area contributed by atoms with E-state index in [0.29, 0.717) is 12.5 Å². The van der Waals surface area contributed by atoms with E-state index in [0.717, 1.165) is 29.9 Å². The summed E-state index contributed by atoms with van der Waals surface area (Å²) in [7, 11) is 0. The number of aryl methyl sites for hydroxylation is 3. The topological polar surface area (TPSA) is 76.2 Å². The van der Waals surface area contributed by atoms with E-state index in [2.05, 4.69) is 38.5 Å². The van der Waals surface area contributed by atoms with Crippen molar-refractivity contribution in [3.63, 3.8) is 0 Å². The van der Waals surface area contributed by atoms with Crippen molar-refractivity contribution >= 4 is 11.6 Å². The van der Waals surface area contributed by atoms with Gasteiger partial charge in [-0.3, -0.25) is 15.0 Å². The third-order valence-corrected chi connectivity index (χ3v) is 3.98. The average Bonchev–Trinajstić information content (AvgIpc) is 2.97. The minimum Gasteiger partial charge on any atom is -0.370 e. The Balaban J connectivity index is 1.57. The Morgan fingerprint density at radius 2 is 2.05 bits per heavy atom. The van der Waals surface area contributed by atoms with Gasteiger partial charge in [-0.15, -0.1) is 0 Å². The summed E-state index contributed by atoms with van der Waals surface area (Å²) in [5, 5.41) is 3.16. The third kappa shape index (κ3) is 3.42. The van der Waals surface area contributed by atoms with Crippen molar-refractivity contribution in [3.8, 4) is 0 Å². The number of benzene rings is 1. The molecule has 1 aliphatic carbocycles. The van der Waals surface area contributed by atoms with Crippen LogP contribution >= 0.6 is 0 Å². The first-order valence-electron chi connectivity index (χ1n) is 7.67. The molecule has 1 aromatic heterocycles. The van der Waals surface area contributed by atoms with Crippen molar-refractivity contribution in [2.75, 3.05) is 11.9 Å². The summed E-state index contributed by atoms with van der Waals surface area (Å²) in [6.07, 6.45) is 7.75. The molecule has 0 saturated heterocycles. The number of guanidine groups is 1. The number of nitrogens with zero attached hydrogens (tertiary/aromatic N) is 3. The summed E-state index contributed by atoms with van der Waals surface area (Å²) in [6, 6.07) is 6.43. The summed E-state index contributed by atoms with van der Waals surface area (Å²) in [6.45, 7) is 2.56. The Labute approximate surface area is 130 Å². The van der Waals surface area contributed by atoms with Crippen LogP contribution in [-0.4, -0.2) is 22.5 Å². The van der Waals surface area contributed by atoms with E-state index in [1.165, 1.54) is 24.0 Å². The van der Waals surface area contributed by atoms with Gasteiger partial charge in [-0.2, -0.15) is 0 Å². The van der Waals surface area contributed by atoms with Crippen LogP contribution in [0.5, 0.6) is 0 Å². The van der Waals surface area contributed by atoms with Crippen LogP contribution in [0.25, 0.3) is 0 Å². The molecular formula is C17H21N5. The lowest BCUT2D eigenvalue weighted by molar-refractivity contribution is 0.884. The number of fused-ring (bicyclic) bond motifs is 1. The van der Waals surface area contributed by atoms with Crippen LogP contribution in [0, 0.1) is 6.92 Å². The van der Waals surface area contributed by atoms with Crippen LogP contribution in [0.15, 0.2) is 35.6 Å². The second kappa shape index (κ2) is 6.56. The molecule has 0 aliphatic heterocycles. The van der Waals surface area contributed by atoms with Gasteiger partial charge in [-0.1, -0.05) is 6.07 Å². The molecule has 114 valence electrons. The highest BCUT2D eigenvalue weighted by atomic mass is 15.1. The molecule has 0 spiro atoms. The second-order valence-electron chi connectivity index (χ2n) is 5.57. The Morgan fingerprint density at radius 3 is 2.91 bits per heavy atom. The van der Waals surface area contributed by atoms with Crippen LogP contribution in [0.2, 0.25) is 0 Å². The molecule has 0 saturated carbocycles. The molecule has 3 rings (SSSR count). The van der Waals surface area contributed by atoms with Crippen molar-refractivity contribution in [3.05, 3.63) is 53.1 Å². The first kappa shape index (κ1) is 14.5. The Bertz CT molecular complexity index is 693. The predicted molar refractivity (Wildman–Crippen MR) is 89.1 cm³/mol. The number of nitrogens with one attached hydrogen (secondary N) is 1. The molecule has 3 N–H and O–H groups in total. The first-order valence-corrected chi connectivity index (χ1v) is 7.67. The van der Waals surface area contributed by atoms with Crippen molar-refractivity contribution in [2.45, 2.75) is 32.6 Å². The molecule has 1 aromatic carbocycles. The van der Waals surface area contributed by atoms with Gasteiger partial charge in [0.2, 0.25) is 0 Å². The van der Waals surface area contributed by atoms with Crippen LogP contribution in [0.4, 0.5) is 5.69 Å². The maximum Gasteiger partial charge on any atom is 0.193 e. The Kier molecular flexibility index (Phi) is 4.32. The highest BCUT2D eigenvalue weighted by Gasteiger charge is 2.10. The van der Waals surface area contributed by atoms with Gasteiger partial charge in [0, 0.05) is 31.0 Å². The maximum absolute atomic E-state index is 5.96. The fourth-order valence-corrected chi connectivity index (χ4v) is 2.80. The minimum atomic E-state index is 0.444. The predicted octanol–water partition coefficient (Wildman–Crippen LogP) is 2.24. The third-order valence-electron chi connectivity index (χ3n) is 3.98. The number of aromatic nitrogens is 2. The van der Waals surface area contributed by atoms with Gasteiger partial charge in [0.15, 0.2) is 5.96 Å². The number of nitrogens with two attached hydrogens (primary N) is 1. The fourth-order valence-electron chi connectivity index (χ4n) is 2.80.